The summed E-state index contributed by atoms with van der Waals surface area (Å²) in [5, 5.41) is 0.618. The maximum Gasteiger partial charge on any atom is 0.196 e. The van der Waals surface area contributed by atoms with Gasteiger partial charge in [-0.25, -0.2) is 0 Å². The zero-order valence-corrected chi connectivity index (χ0v) is 11.5. The lowest BCUT2D eigenvalue weighted by Crippen LogP contribution is -2.27. The number of rotatable bonds is 2. The summed E-state index contributed by atoms with van der Waals surface area (Å²) >= 11 is 0. The van der Waals surface area contributed by atoms with Crippen molar-refractivity contribution < 1.29 is 4.42 Å². The third kappa shape index (κ3) is 1.92. The third-order valence-corrected chi connectivity index (χ3v) is 3.76. The van der Waals surface area contributed by atoms with Crippen LogP contribution in [0.1, 0.15) is 25.0 Å². The van der Waals surface area contributed by atoms with Crippen LogP contribution in [0.4, 0.5) is 0 Å². The molecule has 0 amide bonds. The first kappa shape index (κ1) is 12.6. The van der Waals surface area contributed by atoms with Crippen LogP contribution in [0.5, 0.6) is 0 Å². The molecular formula is C17H15NO2. The number of aromatic nitrogens is 1. The fraction of sp³-hybridized carbons (Fsp3) is 0.176. The first-order valence-corrected chi connectivity index (χ1v) is 6.52. The molecule has 3 aromatic rings. The lowest BCUT2D eigenvalue weighted by Gasteiger charge is -2.24. The van der Waals surface area contributed by atoms with Crippen molar-refractivity contribution in [1.82, 2.24) is 4.98 Å². The summed E-state index contributed by atoms with van der Waals surface area (Å²) < 4.78 is 5.62. The van der Waals surface area contributed by atoms with Gasteiger partial charge >= 0.3 is 0 Å². The molecule has 0 spiro atoms. The molecule has 0 saturated heterocycles. The number of hydrogen-bond donors (Lipinski definition) is 0. The molecule has 0 N–H and O–H groups in total. The molecule has 0 atom stereocenters. The van der Waals surface area contributed by atoms with Crippen LogP contribution in [0.25, 0.3) is 11.0 Å². The van der Waals surface area contributed by atoms with Crippen LogP contribution < -0.4 is 5.43 Å². The molecule has 3 nitrogen and oxygen atoms in total. The Bertz CT molecular complexity index is 804. The van der Waals surface area contributed by atoms with Gasteiger partial charge in [0, 0.05) is 23.4 Å². The van der Waals surface area contributed by atoms with E-state index in [1.807, 2.05) is 38.1 Å². The maximum absolute atomic E-state index is 12.7. The third-order valence-electron chi connectivity index (χ3n) is 3.76. The smallest absolute Gasteiger partial charge is 0.196 e. The number of hydrogen-bond acceptors (Lipinski definition) is 3. The van der Waals surface area contributed by atoms with Gasteiger partial charge in [0.1, 0.15) is 5.58 Å². The van der Waals surface area contributed by atoms with E-state index in [2.05, 4.69) is 4.98 Å². The molecule has 20 heavy (non-hydrogen) atoms. The first-order chi connectivity index (χ1) is 9.60. The topological polar surface area (TPSA) is 43.1 Å². The Kier molecular flexibility index (Phi) is 2.90. The van der Waals surface area contributed by atoms with E-state index >= 15 is 0 Å². The van der Waals surface area contributed by atoms with Crippen molar-refractivity contribution in [2.45, 2.75) is 19.3 Å². The number of fused-ring (bicyclic) bond motifs is 1. The highest BCUT2D eigenvalue weighted by atomic mass is 16.3. The van der Waals surface area contributed by atoms with Gasteiger partial charge in [-0.15, -0.1) is 0 Å². The second kappa shape index (κ2) is 4.60. The van der Waals surface area contributed by atoms with Crippen molar-refractivity contribution in [2.24, 2.45) is 0 Å². The summed E-state index contributed by atoms with van der Waals surface area (Å²) in [5.41, 5.74) is 1.91. The Hall–Kier alpha value is -2.42. The zero-order valence-electron chi connectivity index (χ0n) is 11.5. The molecule has 0 unspecified atom stereocenters. The van der Waals surface area contributed by atoms with Gasteiger partial charge in [-0.1, -0.05) is 26.0 Å². The van der Waals surface area contributed by atoms with Crippen LogP contribution >= 0.6 is 0 Å². The van der Waals surface area contributed by atoms with Gasteiger partial charge in [0.05, 0.1) is 11.6 Å². The lowest BCUT2D eigenvalue weighted by molar-refractivity contribution is 0.551. The van der Waals surface area contributed by atoms with E-state index < -0.39 is 5.41 Å². The SMILES string of the molecule is CC(C)(c1ccncc1)c1coc2ccccc2c1=O. The molecule has 0 aliphatic rings. The average molecular weight is 265 g/mol. The van der Waals surface area contributed by atoms with Gasteiger partial charge in [0.25, 0.3) is 0 Å². The summed E-state index contributed by atoms with van der Waals surface area (Å²) in [7, 11) is 0. The van der Waals surface area contributed by atoms with E-state index in [-0.39, 0.29) is 5.43 Å². The van der Waals surface area contributed by atoms with E-state index in [0.29, 0.717) is 16.5 Å². The van der Waals surface area contributed by atoms with Gasteiger partial charge in [0.15, 0.2) is 5.43 Å². The summed E-state index contributed by atoms with van der Waals surface area (Å²) in [5.74, 6) is 0. The van der Waals surface area contributed by atoms with E-state index in [1.54, 1.807) is 30.8 Å². The minimum absolute atomic E-state index is 0.0219. The van der Waals surface area contributed by atoms with Crippen molar-refractivity contribution in [3.8, 4) is 0 Å². The minimum Gasteiger partial charge on any atom is -0.464 e. The Balaban J connectivity index is 2.25. The molecule has 2 heterocycles. The predicted molar refractivity (Wildman–Crippen MR) is 78.8 cm³/mol. The molecule has 2 aromatic heterocycles. The van der Waals surface area contributed by atoms with Crippen molar-refractivity contribution in [3.05, 3.63) is 76.4 Å². The van der Waals surface area contributed by atoms with Crippen molar-refractivity contribution in [1.29, 1.82) is 0 Å². The van der Waals surface area contributed by atoms with Crippen LogP contribution in [0.15, 0.2) is 64.3 Å². The van der Waals surface area contributed by atoms with Crippen LogP contribution in [-0.4, -0.2) is 4.98 Å². The first-order valence-electron chi connectivity index (χ1n) is 6.52. The predicted octanol–water partition coefficient (Wildman–Crippen LogP) is 3.51. The normalized spacial score (nSPS) is 11.7. The summed E-state index contributed by atoms with van der Waals surface area (Å²) in [6.45, 7) is 4.03. The van der Waals surface area contributed by atoms with Crippen molar-refractivity contribution in [3.63, 3.8) is 0 Å². The van der Waals surface area contributed by atoms with E-state index in [1.165, 1.54) is 0 Å². The molecule has 0 fully saturated rings. The summed E-state index contributed by atoms with van der Waals surface area (Å²) in [6, 6.07) is 11.2. The Morgan fingerprint density at radius 3 is 2.50 bits per heavy atom. The number of para-hydroxylation sites is 1. The molecule has 3 heteroatoms. The Labute approximate surface area is 116 Å². The standard InChI is InChI=1S/C17H15NO2/c1-17(2,12-7-9-18-10-8-12)14-11-20-15-6-4-3-5-13(15)16(14)19/h3-11H,1-2H3. The van der Waals surface area contributed by atoms with E-state index in [9.17, 15) is 4.79 Å². The lowest BCUT2D eigenvalue weighted by atomic mass is 9.79. The summed E-state index contributed by atoms with van der Waals surface area (Å²) in [6.07, 6.45) is 5.05. The highest BCUT2D eigenvalue weighted by Gasteiger charge is 2.27. The monoisotopic (exact) mass is 265 g/mol. The van der Waals surface area contributed by atoms with Crippen molar-refractivity contribution in [2.75, 3.05) is 0 Å². The maximum atomic E-state index is 12.7. The van der Waals surface area contributed by atoms with Gasteiger partial charge in [-0.2, -0.15) is 0 Å². The average Bonchev–Trinajstić information content (AvgIpc) is 2.48. The molecule has 0 aliphatic carbocycles. The molecule has 0 radical (unpaired) electrons. The second-order valence-corrected chi connectivity index (χ2v) is 5.34. The highest BCUT2D eigenvalue weighted by Crippen LogP contribution is 2.29. The Morgan fingerprint density at radius 2 is 1.75 bits per heavy atom. The van der Waals surface area contributed by atoms with Gasteiger partial charge in [-0.05, 0) is 29.8 Å². The second-order valence-electron chi connectivity index (χ2n) is 5.34. The molecule has 0 bridgehead atoms. The quantitative estimate of drug-likeness (QED) is 0.712. The molecule has 1 aromatic carbocycles. The fourth-order valence-electron chi connectivity index (χ4n) is 2.43. The molecule has 0 aliphatic heterocycles. The Morgan fingerprint density at radius 1 is 1.05 bits per heavy atom. The van der Waals surface area contributed by atoms with Gasteiger partial charge in [0.2, 0.25) is 0 Å². The zero-order chi connectivity index (χ0) is 14.2. The van der Waals surface area contributed by atoms with Crippen LogP contribution in [0, 0.1) is 0 Å². The largest absolute Gasteiger partial charge is 0.464 e. The number of nitrogens with zero attached hydrogens (tertiary/aromatic N) is 1. The van der Waals surface area contributed by atoms with Gasteiger partial charge < -0.3 is 4.42 Å². The minimum atomic E-state index is -0.423. The van der Waals surface area contributed by atoms with Gasteiger partial charge in [-0.3, -0.25) is 9.78 Å². The number of benzene rings is 1. The van der Waals surface area contributed by atoms with Crippen molar-refractivity contribution >= 4 is 11.0 Å². The van der Waals surface area contributed by atoms with E-state index in [0.717, 1.165) is 5.56 Å². The highest BCUT2D eigenvalue weighted by molar-refractivity contribution is 5.77. The van der Waals surface area contributed by atoms with Crippen LogP contribution in [0.2, 0.25) is 0 Å². The summed E-state index contributed by atoms with van der Waals surface area (Å²) in [4.78, 5) is 16.7. The van der Waals surface area contributed by atoms with Crippen LogP contribution in [-0.2, 0) is 5.41 Å². The number of pyridine rings is 1. The molecular weight excluding hydrogens is 250 g/mol. The molecule has 100 valence electrons. The van der Waals surface area contributed by atoms with Crippen LogP contribution in [0.3, 0.4) is 0 Å². The molecule has 0 saturated carbocycles. The van der Waals surface area contributed by atoms with E-state index in [4.69, 9.17) is 4.42 Å². The fourth-order valence-corrected chi connectivity index (χ4v) is 2.43. The molecule has 3 rings (SSSR count).